The first-order valence-electron chi connectivity index (χ1n) is 8.30. The van der Waals surface area contributed by atoms with Crippen molar-refractivity contribution >= 4 is 15.8 Å². The maximum absolute atomic E-state index is 13.2. The van der Waals surface area contributed by atoms with Gasteiger partial charge in [0.15, 0.2) is 5.82 Å². The molecule has 0 amide bonds. The molecule has 0 saturated heterocycles. The van der Waals surface area contributed by atoms with E-state index in [2.05, 4.69) is 25.1 Å². The number of halogens is 2. The topological polar surface area (TPSA) is 102 Å². The highest BCUT2D eigenvalue weighted by atomic mass is 32.2. The van der Waals surface area contributed by atoms with E-state index in [4.69, 9.17) is 0 Å². The third-order valence-electron chi connectivity index (χ3n) is 3.75. The number of anilines is 1. The van der Waals surface area contributed by atoms with Crippen LogP contribution in [0.25, 0.3) is 5.82 Å². The van der Waals surface area contributed by atoms with E-state index in [1.807, 2.05) is 19.9 Å². The summed E-state index contributed by atoms with van der Waals surface area (Å²) in [6.45, 7) is 3.96. The number of benzene rings is 1. The fourth-order valence-electron chi connectivity index (χ4n) is 2.56. The second kappa shape index (κ2) is 7.98. The van der Waals surface area contributed by atoms with Gasteiger partial charge in [-0.3, -0.25) is 0 Å². The highest BCUT2D eigenvalue weighted by molar-refractivity contribution is 7.89. The summed E-state index contributed by atoms with van der Waals surface area (Å²) < 4.78 is 54.6. The van der Waals surface area contributed by atoms with Gasteiger partial charge in [0.05, 0.1) is 10.6 Å². The number of sulfonamides is 1. The molecule has 0 bridgehead atoms. The van der Waals surface area contributed by atoms with Crippen molar-refractivity contribution in [2.75, 3.05) is 18.4 Å². The quantitative estimate of drug-likeness (QED) is 0.580. The molecule has 2 heterocycles. The van der Waals surface area contributed by atoms with Crippen LogP contribution in [0.15, 0.2) is 41.6 Å². The molecule has 3 aromatic rings. The number of rotatable bonds is 7. The van der Waals surface area contributed by atoms with Crippen molar-refractivity contribution in [3.05, 3.63) is 59.7 Å². The van der Waals surface area contributed by atoms with Crippen molar-refractivity contribution in [2.45, 2.75) is 18.7 Å². The number of aromatic nitrogens is 4. The van der Waals surface area contributed by atoms with Crippen LogP contribution in [0.2, 0.25) is 0 Å². The molecule has 28 heavy (non-hydrogen) atoms. The van der Waals surface area contributed by atoms with E-state index in [1.54, 1.807) is 10.7 Å². The van der Waals surface area contributed by atoms with Crippen molar-refractivity contribution in [3.8, 4) is 5.82 Å². The molecule has 8 nitrogen and oxygen atoms in total. The third kappa shape index (κ3) is 4.67. The SMILES string of the molecule is Cc1cc(C)n(-c2cc(NCCNS(=O)(=O)c3cc(F)cc(F)c3)ncn2)n1. The van der Waals surface area contributed by atoms with Crippen LogP contribution in [0.1, 0.15) is 11.4 Å². The maximum Gasteiger partial charge on any atom is 0.240 e. The molecule has 0 radical (unpaired) electrons. The Bertz CT molecular complexity index is 1080. The standard InChI is InChI=1S/C17H18F2N6O2S/c1-11-5-12(2)25(24-11)17-9-16(21-10-22-17)20-3-4-23-28(26,27)15-7-13(18)6-14(19)8-15/h5-10,23H,3-4H2,1-2H3,(H,20,21,22). The number of hydrogen-bond donors (Lipinski definition) is 2. The van der Waals surface area contributed by atoms with E-state index in [0.717, 1.165) is 23.5 Å². The van der Waals surface area contributed by atoms with Gasteiger partial charge in [-0.2, -0.15) is 5.10 Å². The van der Waals surface area contributed by atoms with Crippen LogP contribution in [0.5, 0.6) is 0 Å². The fourth-order valence-corrected chi connectivity index (χ4v) is 3.64. The van der Waals surface area contributed by atoms with E-state index in [9.17, 15) is 17.2 Å². The summed E-state index contributed by atoms with van der Waals surface area (Å²) in [7, 11) is -4.03. The molecule has 0 unspecified atom stereocenters. The molecule has 0 atom stereocenters. The second-order valence-electron chi connectivity index (χ2n) is 6.03. The van der Waals surface area contributed by atoms with E-state index in [1.165, 1.54) is 6.33 Å². The van der Waals surface area contributed by atoms with Crippen molar-refractivity contribution in [1.29, 1.82) is 0 Å². The van der Waals surface area contributed by atoms with Gasteiger partial charge in [-0.15, -0.1) is 0 Å². The number of hydrogen-bond acceptors (Lipinski definition) is 6. The van der Waals surface area contributed by atoms with Gasteiger partial charge in [0.2, 0.25) is 10.0 Å². The first-order chi connectivity index (χ1) is 13.2. The molecule has 0 aliphatic carbocycles. The minimum atomic E-state index is -4.03. The smallest absolute Gasteiger partial charge is 0.240 e. The lowest BCUT2D eigenvalue weighted by Crippen LogP contribution is -2.29. The molecule has 2 N–H and O–H groups in total. The molecule has 0 spiro atoms. The molecule has 2 aromatic heterocycles. The lowest BCUT2D eigenvalue weighted by Gasteiger charge is -2.10. The van der Waals surface area contributed by atoms with E-state index in [-0.39, 0.29) is 13.1 Å². The van der Waals surface area contributed by atoms with Gasteiger partial charge in [0, 0.05) is 30.9 Å². The lowest BCUT2D eigenvalue weighted by molar-refractivity contribution is 0.562. The molecular formula is C17H18F2N6O2S. The van der Waals surface area contributed by atoms with E-state index >= 15 is 0 Å². The van der Waals surface area contributed by atoms with Crippen LogP contribution in [-0.4, -0.2) is 41.3 Å². The van der Waals surface area contributed by atoms with Crippen molar-refractivity contribution < 1.29 is 17.2 Å². The first kappa shape index (κ1) is 19.8. The fraction of sp³-hybridized carbons (Fsp3) is 0.235. The van der Waals surface area contributed by atoms with Gasteiger partial charge in [0.1, 0.15) is 23.8 Å². The molecule has 0 aliphatic heterocycles. The Labute approximate surface area is 160 Å². The summed E-state index contributed by atoms with van der Waals surface area (Å²) in [6, 6.07) is 5.71. The zero-order valence-electron chi connectivity index (χ0n) is 15.1. The van der Waals surface area contributed by atoms with Crippen LogP contribution in [0, 0.1) is 25.5 Å². The average Bonchev–Trinajstić information content (AvgIpc) is 2.96. The van der Waals surface area contributed by atoms with Gasteiger partial charge in [-0.1, -0.05) is 0 Å². The van der Waals surface area contributed by atoms with Crippen molar-refractivity contribution in [1.82, 2.24) is 24.5 Å². The Hall–Kier alpha value is -2.92. The van der Waals surface area contributed by atoms with E-state index in [0.29, 0.717) is 17.7 Å². The summed E-state index contributed by atoms with van der Waals surface area (Å²) in [5.74, 6) is -0.875. The molecule has 1 aromatic carbocycles. The zero-order chi connectivity index (χ0) is 20.3. The Morgan fingerprint density at radius 1 is 1.00 bits per heavy atom. The van der Waals surface area contributed by atoms with Crippen LogP contribution in [0.3, 0.4) is 0 Å². The summed E-state index contributed by atoms with van der Waals surface area (Å²) in [5, 5.41) is 7.30. The Morgan fingerprint density at radius 3 is 2.36 bits per heavy atom. The third-order valence-corrected chi connectivity index (χ3v) is 5.19. The average molecular weight is 408 g/mol. The summed E-state index contributed by atoms with van der Waals surface area (Å²) >= 11 is 0. The molecule has 3 rings (SSSR count). The van der Waals surface area contributed by atoms with Gasteiger partial charge in [-0.05, 0) is 32.0 Å². The van der Waals surface area contributed by atoms with Gasteiger partial charge >= 0.3 is 0 Å². The van der Waals surface area contributed by atoms with Crippen LogP contribution in [0.4, 0.5) is 14.6 Å². The zero-order valence-corrected chi connectivity index (χ0v) is 16.0. The molecule has 0 aliphatic rings. The second-order valence-corrected chi connectivity index (χ2v) is 7.80. The Morgan fingerprint density at radius 2 is 1.71 bits per heavy atom. The van der Waals surface area contributed by atoms with Crippen LogP contribution in [-0.2, 0) is 10.0 Å². The van der Waals surface area contributed by atoms with Crippen LogP contribution >= 0.6 is 0 Å². The lowest BCUT2D eigenvalue weighted by atomic mass is 10.3. The summed E-state index contributed by atoms with van der Waals surface area (Å²) in [6.07, 6.45) is 1.37. The van der Waals surface area contributed by atoms with Crippen LogP contribution < -0.4 is 10.0 Å². The predicted octanol–water partition coefficient (Wildman–Crippen LogP) is 1.95. The molecule has 11 heteroatoms. The molecular weight excluding hydrogens is 390 g/mol. The minimum absolute atomic E-state index is 0.0142. The predicted molar refractivity (Wildman–Crippen MR) is 98.7 cm³/mol. The highest BCUT2D eigenvalue weighted by Gasteiger charge is 2.16. The number of nitrogens with zero attached hydrogens (tertiary/aromatic N) is 4. The maximum atomic E-state index is 13.2. The number of nitrogens with one attached hydrogen (secondary N) is 2. The molecule has 148 valence electrons. The number of aryl methyl sites for hydroxylation is 2. The summed E-state index contributed by atoms with van der Waals surface area (Å²) in [4.78, 5) is 7.78. The van der Waals surface area contributed by atoms with Gasteiger partial charge in [0.25, 0.3) is 0 Å². The molecule has 0 fully saturated rings. The molecule has 0 saturated carbocycles. The Balaban J connectivity index is 1.61. The normalized spacial score (nSPS) is 11.6. The minimum Gasteiger partial charge on any atom is -0.369 e. The van der Waals surface area contributed by atoms with Crippen molar-refractivity contribution in [2.24, 2.45) is 0 Å². The van der Waals surface area contributed by atoms with E-state index < -0.39 is 26.6 Å². The largest absolute Gasteiger partial charge is 0.369 e. The monoisotopic (exact) mass is 408 g/mol. The Kier molecular flexibility index (Phi) is 5.66. The van der Waals surface area contributed by atoms with Gasteiger partial charge in [-0.25, -0.2) is 36.6 Å². The van der Waals surface area contributed by atoms with Gasteiger partial charge < -0.3 is 5.32 Å². The van der Waals surface area contributed by atoms with Crippen molar-refractivity contribution in [3.63, 3.8) is 0 Å². The first-order valence-corrected chi connectivity index (χ1v) is 9.78. The highest BCUT2D eigenvalue weighted by Crippen LogP contribution is 2.14. The summed E-state index contributed by atoms with van der Waals surface area (Å²) in [5.41, 5.74) is 1.77.